The third-order valence-corrected chi connectivity index (χ3v) is 4.14. The number of nitrogens with one attached hydrogen (secondary N) is 2. The van der Waals surface area contributed by atoms with Crippen molar-refractivity contribution in [1.82, 2.24) is 10.6 Å². The lowest BCUT2D eigenvalue weighted by Crippen LogP contribution is -2.57. The van der Waals surface area contributed by atoms with Crippen LogP contribution in [0.3, 0.4) is 0 Å². The Morgan fingerprint density at radius 3 is 2.95 bits per heavy atom. The molecule has 5 heteroatoms. The average molecular weight is 258 g/mol. The Hall–Kier alpha value is -1.85. The lowest BCUT2D eigenvalue weighted by atomic mass is 9.71. The van der Waals surface area contributed by atoms with Gasteiger partial charge >= 0.3 is 0 Å². The molecule has 0 aromatic heterocycles. The standard InChI is InChI=1S/C14H18N4O/c1-2-17-13(19)14-5-3-10(11(8-15)9-16)7-12(14)4-6-18-14/h3,5,10-12,18H,2,4,6-7H2,1H3,(H,17,19)/t10-,12-,14+/m1/s1. The molecule has 1 aliphatic heterocycles. The van der Waals surface area contributed by atoms with Crippen LogP contribution in [0.1, 0.15) is 19.8 Å². The number of carbonyl (C=O) groups excluding carboxylic acids is 1. The third-order valence-electron chi connectivity index (χ3n) is 4.14. The van der Waals surface area contributed by atoms with Crippen molar-refractivity contribution in [2.45, 2.75) is 25.3 Å². The molecule has 0 saturated carbocycles. The lowest BCUT2D eigenvalue weighted by molar-refractivity contribution is -0.127. The van der Waals surface area contributed by atoms with E-state index in [2.05, 4.69) is 10.6 Å². The van der Waals surface area contributed by atoms with Crippen molar-refractivity contribution in [1.29, 1.82) is 10.5 Å². The molecule has 0 bridgehead atoms. The van der Waals surface area contributed by atoms with E-state index < -0.39 is 11.5 Å². The Labute approximate surface area is 113 Å². The Morgan fingerprint density at radius 1 is 1.58 bits per heavy atom. The van der Waals surface area contributed by atoms with Gasteiger partial charge in [0.1, 0.15) is 11.5 Å². The number of rotatable bonds is 3. The summed E-state index contributed by atoms with van der Waals surface area (Å²) in [5.41, 5.74) is -0.637. The van der Waals surface area contributed by atoms with Gasteiger partial charge in [0.2, 0.25) is 5.91 Å². The van der Waals surface area contributed by atoms with Gasteiger partial charge in [-0.3, -0.25) is 10.1 Å². The fraction of sp³-hybridized carbons (Fsp3) is 0.643. The summed E-state index contributed by atoms with van der Waals surface area (Å²) in [6.45, 7) is 3.29. The van der Waals surface area contributed by atoms with Gasteiger partial charge in [0.15, 0.2) is 0 Å². The van der Waals surface area contributed by atoms with E-state index in [4.69, 9.17) is 10.5 Å². The molecule has 2 rings (SSSR count). The van der Waals surface area contributed by atoms with Crippen LogP contribution >= 0.6 is 0 Å². The van der Waals surface area contributed by atoms with Gasteiger partial charge in [0, 0.05) is 12.5 Å². The molecule has 3 atom stereocenters. The highest BCUT2D eigenvalue weighted by molar-refractivity contribution is 5.89. The zero-order valence-corrected chi connectivity index (χ0v) is 11.0. The minimum Gasteiger partial charge on any atom is -0.354 e. The smallest absolute Gasteiger partial charge is 0.244 e. The highest BCUT2D eigenvalue weighted by Crippen LogP contribution is 2.40. The first kappa shape index (κ1) is 13.6. The van der Waals surface area contributed by atoms with Gasteiger partial charge in [-0.15, -0.1) is 0 Å². The van der Waals surface area contributed by atoms with Crippen LogP contribution in [0, 0.1) is 40.4 Å². The molecule has 1 aliphatic carbocycles. The van der Waals surface area contributed by atoms with E-state index in [9.17, 15) is 4.79 Å². The number of likely N-dealkylation sites (N-methyl/N-ethyl adjacent to an activating group) is 1. The molecular weight excluding hydrogens is 240 g/mol. The first-order valence-electron chi connectivity index (χ1n) is 6.69. The van der Waals surface area contributed by atoms with Gasteiger partial charge in [0.25, 0.3) is 0 Å². The van der Waals surface area contributed by atoms with Gasteiger partial charge in [-0.05, 0) is 32.2 Å². The molecule has 1 heterocycles. The summed E-state index contributed by atoms with van der Waals surface area (Å²) in [6.07, 6.45) is 5.35. The second kappa shape index (κ2) is 5.42. The molecule has 19 heavy (non-hydrogen) atoms. The highest BCUT2D eigenvalue weighted by Gasteiger charge is 2.49. The molecular formula is C14H18N4O. The van der Waals surface area contributed by atoms with E-state index in [0.717, 1.165) is 13.0 Å². The van der Waals surface area contributed by atoms with Crippen LogP contribution in [0.15, 0.2) is 12.2 Å². The van der Waals surface area contributed by atoms with Crippen molar-refractivity contribution >= 4 is 5.91 Å². The van der Waals surface area contributed by atoms with Crippen molar-refractivity contribution in [3.63, 3.8) is 0 Å². The SMILES string of the molecule is CCNC(=O)[C@]12C=C[C@@H](C(C#N)C#N)C[C@H]1CCN2. The molecule has 1 saturated heterocycles. The maximum absolute atomic E-state index is 12.3. The fourth-order valence-corrected chi connectivity index (χ4v) is 3.12. The molecule has 0 aromatic rings. The first-order valence-corrected chi connectivity index (χ1v) is 6.69. The Morgan fingerprint density at radius 2 is 2.32 bits per heavy atom. The minimum absolute atomic E-state index is 0.00216. The molecule has 0 radical (unpaired) electrons. The summed E-state index contributed by atoms with van der Waals surface area (Å²) < 4.78 is 0. The maximum atomic E-state index is 12.3. The fourth-order valence-electron chi connectivity index (χ4n) is 3.12. The van der Waals surface area contributed by atoms with Crippen LogP contribution in [0.4, 0.5) is 0 Å². The largest absolute Gasteiger partial charge is 0.354 e. The van der Waals surface area contributed by atoms with E-state index in [1.54, 1.807) is 0 Å². The summed E-state index contributed by atoms with van der Waals surface area (Å²) in [5, 5.41) is 24.1. The molecule has 1 fully saturated rings. The van der Waals surface area contributed by atoms with Crippen molar-refractivity contribution in [3.8, 4) is 12.1 Å². The number of fused-ring (bicyclic) bond motifs is 1. The summed E-state index contributed by atoms with van der Waals surface area (Å²) in [4.78, 5) is 12.3. The number of nitrogens with zero attached hydrogens (tertiary/aromatic N) is 2. The zero-order valence-electron chi connectivity index (χ0n) is 11.0. The molecule has 1 amide bonds. The lowest BCUT2D eigenvalue weighted by Gasteiger charge is -2.37. The van der Waals surface area contributed by atoms with Crippen LogP contribution in [0.2, 0.25) is 0 Å². The predicted molar refractivity (Wildman–Crippen MR) is 69.5 cm³/mol. The summed E-state index contributed by atoms with van der Waals surface area (Å²) in [5.74, 6) is -0.526. The number of carbonyl (C=O) groups is 1. The van der Waals surface area contributed by atoms with Gasteiger partial charge in [-0.1, -0.05) is 12.2 Å². The van der Waals surface area contributed by atoms with E-state index in [-0.39, 0.29) is 17.7 Å². The molecule has 100 valence electrons. The molecule has 2 N–H and O–H groups in total. The monoisotopic (exact) mass is 258 g/mol. The predicted octanol–water partition coefficient (Wildman–Crippen LogP) is 0.710. The summed E-state index contributed by atoms with van der Waals surface area (Å²) in [7, 11) is 0. The maximum Gasteiger partial charge on any atom is 0.244 e. The summed E-state index contributed by atoms with van der Waals surface area (Å²) >= 11 is 0. The van der Waals surface area contributed by atoms with E-state index in [1.807, 2.05) is 31.2 Å². The Balaban J connectivity index is 2.24. The number of hydrogen-bond acceptors (Lipinski definition) is 4. The second-order valence-corrected chi connectivity index (χ2v) is 5.14. The summed E-state index contributed by atoms with van der Waals surface area (Å²) in [6, 6.07) is 4.07. The van der Waals surface area contributed by atoms with E-state index >= 15 is 0 Å². The van der Waals surface area contributed by atoms with Gasteiger partial charge in [0.05, 0.1) is 12.1 Å². The Bertz CT molecular complexity index is 459. The Kier molecular flexibility index (Phi) is 3.87. The molecule has 0 unspecified atom stereocenters. The topological polar surface area (TPSA) is 88.7 Å². The van der Waals surface area contributed by atoms with Gasteiger partial charge in [-0.25, -0.2) is 0 Å². The molecule has 0 aromatic carbocycles. The van der Waals surface area contributed by atoms with Gasteiger partial charge in [-0.2, -0.15) is 10.5 Å². The number of nitriles is 2. The number of amides is 1. The van der Waals surface area contributed by atoms with Crippen molar-refractivity contribution < 1.29 is 4.79 Å². The average Bonchev–Trinajstić information content (AvgIpc) is 2.85. The quantitative estimate of drug-likeness (QED) is 0.730. The normalized spacial score (nSPS) is 32.4. The first-order chi connectivity index (χ1) is 9.17. The molecule has 2 aliphatic rings. The van der Waals surface area contributed by atoms with Crippen molar-refractivity contribution in [3.05, 3.63) is 12.2 Å². The second-order valence-electron chi connectivity index (χ2n) is 5.14. The number of hydrogen-bond donors (Lipinski definition) is 2. The van der Waals surface area contributed by atoms with Crippen LogP contribution in [-0.2, 0) is 4.79 Å². The molecule has 0 spiro atoms. The van der Waals surface area contributed by atoms with Gasteiger partial charge < -0.3 is 5.32 Å². The van der Waals surface area contributed by atoms with E-state index in [1.165, 1.54) is 0 Å². The van der Waals surface area contributed by atoms with Crippen LogP contribution < -0.4 is 10.6 Å². The van der Waals surface area contributed by atoms with Crippen LogP contribution in [0.25, 0.3) is 0 Å². The van der Waals surface area contributed by atoms with E-state index in [0.29, 0.717) is 13.0 Å². The van der Waals surface area contributed by atoms with Crippen LogP contribution in [0.5, 0.6) is 0 Å². The third kappa shape index (κ3) is 2.22. The minimum atomic E-state index is -0.637. The van der Waals surface area contributed by atoms with Crippen LogP contribution in [-0.4, -0.2) is 24.5 Å². The zero-order chi connectivity index (χ0) is 13.9. The van der Waals surface area contributed by atoms with Crippen molar-refractivity contribution in [2.24, 2.45) is 17.8 Å². The van der Waals surface area contributed by atoms with Crippen molar-refractivity contribution in [2.75, 3.05) is 13.1 Å². The number of allylic oxidation sites excluding steroid dienone is 1. The molecule has 5 nitrogen and oxygen atoms in total. The highest BCUT2D eigenvalue weighted by atomic mass is 16.2.